The minimum absolute atomic E-state index is 0.0962. The summed E-state index contributed by atoms with van der Waals surface area (Å²) >= 11 is 0. The molecule has 1 aromatic carbocycles. The maximum Gasteiger partial charge on any atom is 0.348 e. The van der Waals surface area contributed by atoms with Crippen LogP contribution < -0.4 is 21.2 Å². The largest absolute Gasteiger partial charge is 0.348 e. The number of aromatic nitrogens is 2. The summed E-state index contributed by atoms with van der Waals surface area (Å²) in [5.41, 5.74) is 8.54. The molecule has 2 rings (SSSR count). The van der Waals surface area contributed by atoms with E-state index in [1.807, 2.05) is 19.9 Å². The quantitative estimate of drug-likeness (QED) is 0.395. The third-order valence-corrected chi connectivity index (χ3v) is 4.14. The highest BCUT2D eigenvalue weighted by Gasteiger charge is 2.08. The average Bonchev–Trinajstić information content (AvgIpc) is 2.45. The first-order valence-electron chi connectivity index (χ1n) is 7.31. The van der Waals surface area contributed by atoms with E-state index in [1.165, 1.54) is 12.1 Å². The van der Waals surface area contributed by atoms with E-state index in [2.05, 4.69) is 20.3 Å². The van der Waals surface area contributed by atoms with Crippen LogP contribution in [0, 0.1) is 13.8 Å². The highest BCUT2D eigenvalue weighted by atomic mass is 32.2. The third kappa shape index (κ3) is 5.28. The summed E-state index contributed by atoms with van der Waals surface area (Å²) in [7, 11) is -3.66. The minimum Gasteiger partial charge on any atom is -0.290 e. The normalized spacial score (nSPS) is 12.2. The van der Waals surface area contributed by atoms with E-state index < -0.39 is 10.0 Å². The Morgan fingerprint density at radius 1 is 1.17 bits per heavy atom. The van der Waals surface area contributed by atoms with E-state index in [1.54, 1.807) is 12.1 Å². The number of guanidine groups is 1. The van der Waals surface area contributed by atoms with Crippen LogP contribution in [0.5, 0.6) is 0 Å². The first-order chi connectivity index (χ1) is 11.2. The van der Waals surface area contributed by atoms with Crippen LogP contribution >= 0.6 is 0 Å². The van der Waals surface area contributed by atoms with Gasteiger partial charge in [-0.05, 0) is 37.6 Å². The summed E-state index contributed by atoms with van der Waals surface area (Å²) in [5.74, 6) is 0.788. The molecule has 0 fully saturated rings. The fraction of sp³-hybridized carbons (Fsp3) is 0.267. The van der Waals surface area contributed by atoms with Crippen LogP contribution in [0.4, 0.5) is 5.95 Å². The predicted octanol–water partition coefficient (Wildman–Crippen LogP) is -1.21. The van der Waals surface area contributed by atoms with Crippen molar-refractivity contribution in [1.82, 2.24) is 9.97 Å². The van der Waals surface area contributed by atoms with Gasteiger partial charge in [-0.1, -0.05) is 12.1 Å². The minimum atomic E-state index is -3.66. The molecule has 0 spiro atoms. The number of primary sulfonamides is 1. The number of anilines is 1. The van der Waals surface area contributed by atoms with Crippen molar-refractivity contribution in [2.75, 3.05) is 11.9 Å². The van der Waals surface area contributed by atoms with Crippen molar-refractivity contribution in [3.8, 4) is 0 Å². The maximum atomic E-state index is 11.2. The van der Waals surface area contributed by atoms with Crippen molar-refractivity contribution in [2.45, 2.75) is 25.2 Å². The van der Waals surface area contributed by atoms with Crippen molar-refractivity contribution in [3.63, 3.8) is 0 Å². The van der Waals surface area contributed by atoms with Crippen LogP contribution in [0.1, 0.15) is 17.0 Å². The molecule has 0 saturated carbocycles. The van der Waals surface area contributed by atoms with Gasteiger partial charge in [-0.2, -0.15) is 0 Å². The van der Waals surface area contributed by atoms with Gasteiger partial charge in [0.25, 0.3) is 5.95 Å². The molecular weight excluding hydrogens is 328 g/mol. The molecule has 128 valence electrons. The van der Waals surface area contributed by atoms with E-state index >= 15 is 0 Å². The molecule has 0 amide bonds. The molecule has 0 aliphatic heterocycles. The predicted molar refractivity (Wildman–Crippen MR) is 91.7 cm³/mol. The zero-order valence-electron chi connectivity index (χ0n) is 13.6. The third-order valence-electron chi connectivity index (χ3n) is 3.21. The molecule has 0 aliphatic rings. The molecule has 8 nitrogen and oxygen atoms in total. The second-order valence-corrected chi connectivity index (χ2v) is 6.94. The number of nitrogens with zero attached hydrogens (tertiary/aromatic N) is 2. The lowest BCUT2D eigenvalue weighted by Crippen LogP contribution is -2.77. The van der Waals surface area contributed by atoms with Crippen molar-refractivity contribution < 1.29 is 13.4 Å². The second kappa shape index (κ2) is 7.37. The molecule has 0 aliphatic carbocycles. The molecule has 6 N–H and O–H groups in total. The van der Waals surface area contributed by atoms with E-state index in [0.29, 0.717) is 24.9 Å². The van der Waals surface area contributed by atoms with Crippen molar-refractivity contribution in [1.29, 1.82) is 0 Å². The molecule has 9 heteroatoms. The molecule has 0 radical (unpaired) electrons. The lowest BCUT2D eigenvalue weighted by molar-refractivity contribution is -0.457. The Hall–Kier alpha value is -2.52. The van der Waals surface area contributed by atoms with Gasteiger partial charge in [0.1, 0.15) is 0 Å². The molecule has 1 aromatic heterocycles. The molecule has 0 bridgehead atoms. The van der Waals surface area contributed by atoms with Crippen molar-refractivity contribution in [3.05, 3.63) is 47.3 Å². The maximum absolute atomic E-state index is 11.2. The average molecular weight is 349 g/mol. The summed E-state index contributed by atoms with van der Waals surface area (Å²) in [6.45, 7) is 4.34. The number of aryl methyl sites for hydroxylation is 2. The van der Waals surface area contributed by atoms with Crippen molar-refractivity contribution in [2.24, 2.45) is 10.9 Å². The highest BCUT2D eigenvalue weighted by molar-refractivity contribution is 7.89. The number of nitrogens with two attached hydrogens (primary N) is 2. The van der Waals surface area contributed by atoms with Crippen LogP contribution in [0.2, 0.25) is 0 Å². The fourth-order valence-electron chi connectivity index (χ4n) is 2.13. The zero-order chi connectivity index (χ0) is 17.7. The first-order valence-corrected chi connectivity index (χ1v) is 8.86. The molecule has 0 saturated heterocycles. The lowest BCUT2D eigenvalue weighted by Gasteiger charge is -2.02. The second-order valence-electron chi connectivity index (χ2n) is 5.38. The SMILES string of the molecule is Cc1cc(C)nc(NC(N)=[NH+]CCc2ccc(S(N)(=O)=O)cc2)n1. The Kier molecular flexibility index (Phi) is 5.47. The molecular formula is C15H21N6O2S+. The van der Waals surface area contributed by atoms with Crippen LogP contribution in [-0.4, -0.2) is 30.9 Å². The number of hydrogen-bond donors (Lipinski definition) is 4. The van der Waals surface area contributed by atoms with Crippen LogP contribution in [0.15, 0.2) is 35.2 Å². The number of nitrogens with one attached hydrogen (secondary N) is 2. The smallest absolute Gasteiger partial charge is 0.290 e. The number of rotatable bonds is 5. The van der Waals surface area contributed by atoms with Gasteiger partial charge in [0.15, 0.2) is 0 Å². The Balaban J connectivity index is 1.93. The van der Waals surface area contributed by atoms with Gasteiger partial charge in [0.2, 0.25) is 10.0 Å². The Bertz CT molecular complexity index is 827. The fourth-order valence-corrected chi connectivity index (χ4v) is 2.65. The highest BCUT2D eigenvalue weighted by Crippen LogP contribution is 2.08. The molecule has 24 heavy (non-hydrogen) atoms. The number of benzene rings is 1. The monoisotopic (exact) mass is 349 g/mol. The van der Waals surface area contributed by atoms with Crippen molar-refractivity contribution >= 4 is 21.9 Å². The zero-order valence-corrected chi connectivity index (χ0v) is 14.4. The van der Waals surface area contributed by atoms with Gasteiger partial charge >= 0.3 is 5.96 Å². The summed E-state index contributed by atoms with van der Waals surface area (Å²) in [6, 6.07) is 8.29. The Labute approximate surface area is 141 Å². The van der Waals surface area contributed by atoms with Crippen LogP contribution in [-0.2, 0) is 16.4 Å². The van der Waals surface area contributed by atoms with E-state index in [0.717, 1.165) is 17.0 Å². The van der Waals surface area contributed by atoms with E-state index in [-0.39, 0.29) is 4.90 Å². The van der Waals surface area contributed by atoms with Gasteiger partial charge in [-0.15, -0.1) is 0 Å². The van der Waals surface area contributed by atoms with Gasteiger partial charge in [-0.3, -0.25) is 10.7 Å². The lowest BCUT2D eigenvalue weighted by atomic mass is 10.1. The van der Waals surface area contributed by atoms with E-state index in [9.17, 15) is 8.42 Å². The van der Waals surface area contributed by atoms with Gasteiger partial charge in [-0.25, -0.2) is 28.8 Å². The van der Waals surface area contributed by atoms with Gasteiger partial charge in [0.05, 0.1) is 11.4 Å². The van der Waals surface area contributed by atoms with Gasteiger partial charge in [0, 0.05) is 17.8 Å². The Morgan fingerprint density at radius 3 is 2.29 bits per heavy atom. The molecule has 1 heterocycles. The molecule has 0 atom stereocenters. The van der Waals surface area contributed by atoms with Crippen LogP contribution in [0.3, 0.4) is 0 Å². The molecule has 0 unspecified atom stereocenters. The standard InChI is InChI=1S/C15H20N6O2S/c1-10-9-11(2)20-15(19-10)21-14(16)18-8-7-12-3-5-13(6-4-12)24(17,22)23/h3-6,9H,7-8H2,1-2H3,(H2,17,22,23)(H3,16,18,19,20,21)/p+1. The number of sulfonamides is 1. The summed E-state index contributed by atoms with van der Waals surface area (Å²) in [4.78, 5) is 11.6. The van der Waals surface area contributed by atoms with E-state index in [4.69, 9.17) is 10.9 Å². The summed E-state index contributed by atoms with van der Waals surface area (Å²) in [6.07, 6.45) is 0.668. The van der Waals surface area contributed by atoms with Gasteiger partial charge < -0.3 is 0 Å². The first kappa shape index (κ1) is 17.8. The molecule has 2 aromatic rings. The number of hydrogen-bond acceptors (Lipinski definition) is 4. The Morgan fingerprint density at radius 2 is 1.75 bits per heavy atom. The summed E-state index contributed by atoms with van der Waals surface area (Å²) < 4.78 is 22.4. The summed E-state index contributed by atoms with van der Waals surface area (Å²) in [5, 5.41) is 7.97. The van der Waals surface area contributed by atoms with Crippen LogP contribution in [0.25, 0.3) is 0 Å². The topological polar surface area (TPSA) is 138 Å².